The molecule has 1 heterocycles. The summed E-state index contributed by atoms with van der Waals surface area (Å²) in [7, 11) is 0. The highest BCUT2D eigenvalue weighted by atomic mass is 79.9. The van der Waals surface area contributed by atoms with Gasteiger partial charge in [-0.3, -0.25) is 4.79 Å². The highest BCUT2D eigenvalue weighted by Crippen LogP contribution is 2.42. The molecule has 0 aliphatic heterocycles. The molecule has 2 aromatic carbocycles. The normalized spacial score (nSPS) is 11.6. The molecule has 0 spiro atoms. The number of benzene rings is 2. The van der Waals surface area contributed by atoms with E-state index in [4.69, 9.17) is 4.74 Å². The van der Waals surface area contributed by atoms with Crippen LogP contribution >= 0.6 is 15.9 Å². The summed E-state index contributed by atoms with van der Waals surface area (Å²) in [5.41, 5.74) is 1.57. The first-order valence-electron chi connectivity index (χ1n) is 7.50. The van der Waals surface area contributed by atoms with E-state index >= 15 is 0 Å². The van der Waals surface area contributed by atoms with Crippen molar-refractivity contribution in [3.8, 4) is 17.2 Å². The fourth-order valence-corrected chi connectivity index (χ4v) is 2.99. The quantitative estimate of drug-likeness (QED) is 0.591. The smallest absolute Gasteiger partial charge is 0.453 e. The minimum absolute atomic E-state index is 0.0411. The summed E-state index contributed by atoms with van der Waals surface area (Å²) in [6, 6.07) is 7.22. The van der Waals surface area contributed by atoms with Crippen molar-refractivity contribution >= 4 is 26.8 Å². The molecule has 0 radical (unpaired) electrons. The van der Waals surface area contributed by atoms with E-state index in [0.29, 0.717) is 20.9 Å². The fraction of sp³-hybridized carbons (Fsp3) is 0.167. The number of hydrogen-bond acceptors (Lipinski definition) is 3. The van der Waals surface area contributed by atoms with E-state index in [1.54, 1.807) is 26.0 Å². The van der Waals surface area contributed by atoms with Gasteiger partial charge in [0, 0.05) is 28.2 Å². The number of ether oxygens (including phenoxy) is 2. The maximum absolute atomic E-state index is 12.7. The van der Waals surface area contributed by atoms with Crippen molar-refractivity contribution in [2.75, 3.05) is 0 Å². The van der Waals surface area contributed by atoms with Crippen molar-refractivity contribution in [2.24, 2.45) is 0 Å². The molecule has 0 saturated carbocycles. The molecule has 1 N–H and O–H groups in total. The number of aromatic amines is 1. The van der Waals surface area contributed by atoms with Gasteiger partial charge in [-0.05, 0) is 43.2 Å². The molecule has 26 heavy (non-hydrogen) atoms. The van der Waals surface area contributed by atoms with Gasteiger partial charge in [-0.25, -0.2) is 0 Å². The van der Waals surface area contributed by atoms with Gasteiger partial charge in [-0.1, -0.05) is 15.9 Å². The van der Waals surface area contributed by atoms with Crippen LogP contribution in [0.2, 0.25) is 0 Å². The van der Waals surface area contributed by atoms with Crippen LogP contribution in [-0.4, -0.2) is 11.3 Å². The van der Waals surface area contributed by atoms with Crippen LogP contribution in [0, 0.1) is 13.8 Å². The molecule has 4 nitrogen and oxygen atoms in total. The molecule has 0 saturated heterocycles. The number of fused-ring (bicyclic) bond motifs is 1. The summed E-state index contributed by atoms with van der Waals surface area (Å²) < 4.78 is 48.5. The predicted octanol–water partition coefficient (Wildman–Crippen LogP) is 5.60. The van der Waals surface area contributed by atoms with Crippen LogP contribution in [0.25, 0.3) is 10.9 Å². The summed E-state index contributed by atoms with van der Waals surface area (Å²) >= 11 is 3.22. The van der Waals surface area contributed by atoms with Crippen LogP contribution in [0.15, 0.2) is 45.8 Å². The molecule has 0 aliphatic rings. The van der Waals surface area contributed by atoms with Crippen molar-refractivity contribution in [2.45, 2.75) is 20.2 Å². The molecule has 3 rings (SSSR count). The third kappa shape index (κ3) is 3.70. The molecule has 0 amide bonds. The van der Waals surface area contributed by atoms with Crippen LogP contribution in [0.1, 0.15) is 11.1 Å². The maximum Gasteiger partial charge on any atom is 0.573 e. The second-order valence-electron chi connectivity index (χ2n) is 5.63. The Kier molecular flexibility index (Phi) is 4.70. The van der Waals surface area contributed by atoms with E-state index in [1.165, 1.54) is 24.4 Å². The van der Waals surface area contributed by atoms with Gasteiger partial charge in [0.05, 0.1) is 5.52 Å². The Morgan fingerprint density at radius 1 is 1.08 bits per heavy atom. The van der Waals surface area contributed by atoms with Crippen molar-refractivity contribution in [3.05, 3.63) is 62.4 Å². The van der Waals surface area contributed by atoms with Crippen LogP contribution in [0.4, 0.5) is 13.2 Å². The zero-order valence-electron chi connectivity index (χ0n) is 13.7. The first-order valence-corrected chi connectivity index (χ1v) is 8.30. The minimum Gasteiger partial charge on any atom is -0.453 e. The molecule has 0 bridgehead atoms. The summed E-state index contributed by atoms with van der Waals surface area (Å²) in [6.07, 6.45) is -3.37. The molecule has 136 valence electrons. The van der Waals surface area contributed by atoms with Gasteiger partial charge in [0.25, 0.3) is 0 Å². The molecule has 0 unspecified atom stereocenters. The van der Waals surface area contributed by atoms with Gasteiger partial charge in [0.2, 0.25) is 0 Å². The van der Waals surface area contributed by atoms with Gasteiger partial charge in [0.15, 0.2) is 16.9 Å². The number of alkyl halides is 3. The Bertz CT molecular complexity index is 1040. The van der Waals surface area contributed by atoms with Gasteiger partial charge in [-0.2, -0.15) is 0 Å². The van der Waals surface area contributed by atoms with Crippen molar-refractivity contribution in [3.63, 3.8) is 0 Å². The van der Waals surface area contributed by atoms with Crippen LogP contribution in [0.3, 0.4) is 0 Å². The summed E-state index contributed by atoms with van der Waals surface area (Å²) in [5.74, 6) is -0.217. The van der Waals surface area contributed by atoms with Crippen LogP contribution in [0.5, 0.6) is 17.2 Å². The highest BCUT2D eigenvalue weighted by molar-refractivity contribution is 9.10. The Labute approximate surface area is 154 Å². The maximum atomic E-state index is 12.7. The number of nitrogens with one attached hydrogen (secondary N) is 1. The molecule has 0 aliphatic carbocycles. The Morgan fingerprint density at radius 3 is 2.50 bits per heavy atom. The highest BCUT2D eigenvalue weighted by Gasteiger charge is 2.33. The second-order valence-corrected chi connectivity index (χ2v) is 6.49. The van der Waals surface area contributed by atoms with Gasteiger partial charge < -0.3 is 14.5 Å². The molecular formula is C18H13BrF3NO3. The predicted molar refractivity (Wildman–Crippen MR) is 94.9 cm³/mol. The number of aromatic nitrogens is 1. The third-order valence-electron chi connectivity index (χ3n) is 3.92. The van der Waals surface area contributed by atoms with E-state index in [-0.39, 0.29) is 16.9 Å². The van der Waals surface area contributed by atoms with E-state index in [1.807, 2.05) is 0 Å². The fourth-order valence-electron chi connectivity index (χ4n) is 2.49. The Morgan fingerprint density at radius 2 is 1.81 bits per heavy atom. The number of rotatable bonds is 3. The summed E-state index contributed by atoms with van der Waals surface area (Å²) in [4.78, 5) is 14.7. The molecule has 0 atom stereocenters. The molecular weight excluding hydrogens is 415 g/mol. The van der Waals surface area contributed by atoms with E-state index in [9.17, 15) is 18.0 Å². The monoisotopic (exact) mass is 427 g/mol. The number of H-pyrrole nitrogens is 1. The van der Waals surface area contributed by atoms with E-state index in [0.717, 1.165) is 5.56 Å². The lowest BCUT2D eigenvalue weighted by atomic mass is 10.1. The number of pyridine rings is 1. The Balaban J connectivity index is 2.09. The van der Waals surface area contributed by atoms with Crippen molar-refractivity contribution in [1.82, 2.24) is 4.98 Å². The first-order chi connectivity index (χ1) is 12.2. The van der Waals surface area contributed by atoms with Crippen LogP contribution in [-0.2, 0) is 0 Å². The van der Waals surface area contributed by atoms with Gasteiger partial charge in [0.1, 0.15) is 5.75 Å². The lowest BCUT2D eigenvalue weighted by Crippen LogP contribution is -2.18. The van der Waals surface area contributed by atoms with Crippen molar-refractivity contribution < 1.29 is 22.6 Å². The van der Waals surface area contributed by atoms with Crippen molar-refractivity contribution in [1.29, 1.82) is 0 Å². The Hall–Kier alpha value is -2.48. The van der Waals surface area contributed by atoms with E-state index < -0.39 is 12.1 Å². The number of halogens is 4. The third-order valence-corrected chi connectivity index (χ3v) is 4.74. The number of hydrogen-bond donors (Lipinski definition) is 1. The lowest BCUT2D eigenvalue weighted by Gasteiger charge is -2.18. The standard InChI is InChI=1S/C18H13BrF3NO3/c1-9-10(2)17(16(8-13(9)19)26-18(20,21)22)25-11-3-4-12-14(7-11)23-6-5-15(12)24/h3-8H,1-2H3,(H,23,24). The topological polar surface area (TPSA) is 51.3 Å². The zero-order valence-corrected chi connectivity index (χ0v) is 15.3. The second kappa shape index (κ2) is 6.68. The molecule has 1 aromatic heterocycles. The SMILES string of the molecule is Cc1c(Br)cc(OC(F)(F)F)c(Oc2ccc3c(=O)cc[nH]c3c2)c1C. The summed E-state index contributed by atoms with van der Waals surface area (Å²) in [5, 5.41) is 0.454. The largest absolute Gasteiger partial charge is 0.573 e. The van der Waals surface area contributed by atoms with E-state index in [2.05, 4.69) is 25.7 Å². The molecule has 3 aromatic rings. The lowest BCUT2D eigenvalue weighted by molar-refractivity contribution is -0.275. The van der Waals surface area contributed by atoms with Crippen LogP contribution < -0.4 is 14.9 Å². The molecule has 0 fully saturated rings. The average molecular weight is 428 g/mol. The molecule has 8 heteroatoms. The van der Waals surface area contributed by atoms with Gasteiger partial charge >= 0.3 is 6.36 Å². The first kappa shape index (κ1) is 18.3. The summed E-state index contributed by atoms with van der Waals surface area (Å²) in [6.45, 7) is 3.39. The minimum atomic E-state index is -4.85. The zero-order chi connectivity index (χ0) is 19.1. The average Bonchev–Trinajstić information content (AvgIpc) is 2.55. The van der Waals surface area contributed by atoms with Gasteiger partial charge in [-0.15, -0.1) is 13.2 Å².